The van der Waals surface area contributed by atoms with Crippen molar-refractivity contribution in [3.8, 4) is 147 Å². The van der Waals surface area contributed by atoms with Crippen LogP contribution in [-0.2, 0) is 0 Å². The molecule has 0 bridgehead atoms. The van der Waals surface area contributed by atoms with Crippen LogP contribution in [0.3, 0.4) is 0 Å². The molecule has 0 fully saturated rings. The minimum Gasteiger partial charge on any atom is -0.497 e. The van der Waals surface area contributed by atoms with Crippen molar-refractivity contribution in [3.05, 3.63) is 566 Å². The van der Waals surface area contributed by atoms with Crippen molar-refractivity contribution in [2.75, 3.05) is 14.2 Å². The molecule has 0 saturated carbocycles. The van der Waals surface area contributed by atoms with Crippen LogP contribution in [0.4, 0.5) is 0 Å². The Kier molecular flexibility index (Phi) is 27.4. The van der Waals surface area contributed by atoms with E-state index in [2.05, 4.69) is 431 Å². The van der Waals surface area contributed by atoms with Crippen LogP contribution < -0.4 is 9.47 Å². The van der Waals surface area contributed by atoms with Crippen LogP contribution in [-0.4, -0.2) is 44.1 Å². The predicted molar refractivity (Wildman–Crippen MR) is 564 cm³/mol. The Morgan fingerprint density at radius 2 is 0.360 bits per heavy atom. The van der Waals surface area contributed by atoms with Crippen molar-refractivity contribution < 1.29 is 9.47 Å². The van der Waals surface area contributed by atoms with Gasteiger partial charge in [0.05, 0.1) is 48.4 Å². The lowest BCUT2D eigenvalue weighted by Gasteiger charge is -2.13. The van der Waals surface area contributed by atoms with Gasteiger partial charge in [0.15, 0.2) is 17.5 Å². The number of aromatic nitrogens is 6. The molecule has 0 aliphatic heterocycles. The van der Waals surface area contributed by atoms with Gasteiger partial charge in [0.2, 0.25) is 0 Å². The lowest BCUT2D eigenvalue weighted by Crippen LogP contribution is -1.97. The summed E-state index contributed by atoms with van der Waals surface area (Å²) in [6.45, 7) is 0. The van der Waals surface area contributed by atoms with Crippen molar-refractivity contribution in [2.45, 2.75) is 0 Å². The first-order valence-electron chi connectivity index (χ1n) is 45.6. The summed E-state index contributed by atoms with van der Waals surface area (Å²) in [6.07, 6.45) is 6.78. The van der Waals surface area contributed by atoms with Gasteiger partial charge < -0.3 is 9.47 Å². The lowest BCUT2D eigenvalue weighted by molar-refractivity contribution is 0.395. The smallest absolute Gasteiger partial charge is 0.160 e. The van der Waals surface area contributed by atoms with E-state index in [-0.39, 0.29) is 0 Å². The fourth-order valence-electron chi connectivity index (χ4n) is 16.6. The highest BCUT2D eigenvalue weighted by molar-refractivity contribution is 5.95. The summed E-state index contributed by atoms with van der Waals surface area (Å²) in [7, 11) is 3.29. The quantitative estimate of drug-likeness (QED) is 0.0585. The Morgan fingerprint density at radius 3 is 0.625 bits per heavy atom. The molecule has 0 saturated heterocycles. The maximum absolute atomic E-state index is 5.59. The van der Waals surface area contributed by atoms with Crippen molar-refractivity contribution >= 4 is 34.9 Å². The SMILES string of the molecule is C(=C(c1ccccc1)c1ccccc1)c1ccc(-c2cc(-c3ccc(C=C(c4ccccc4)c4ccccc4)cc3)nc(-c3ccc(C=C(c4ccccc4)c4ccccc4)cc3)n2)cc1.COc1ccc(-c2cc(-c3ccccc3)nc(-c3ccccc3)n2)c(OC)c1.c1ccc(-c2ccc(-c3cc(-c4ccc(-c5ccccc5)cc4)nc(-c4ccc(-c5ccccc5)cc4)n3)cc2)cc1. The summed E-state index contributed by atoms with van der Waals surface area (Å²) in [4.78, 5) is 30.2. The van der Waals surface area contributed by atoms with Gasteiger partial charge in [-0.15, -0.1) is 0 Å². The van der Waals surface area contributed by atoms with Gasteiger partial charge in [0.1, 0.15) is 11.5 Å². The van der Waals surface area contributed by atoms with Gasteiger partial charge in [-0.2, -0.15) is 0 Å². The normalized spacial score (nSPS) is 10.7. The minimum atomic E-state index is 0.670. The average Bonchev–Trinajstić information content (AvgIpc) is 0.796. The second-order valence-corrected chi connectivity index (χ2v) is 32.8. The summed E-state index contributed by atoms with van der Waals surface area (Å²) >= 11 is 0. The lowest BCUT2D eigenvalue weighted by atomic mass is 9.95. The summed E-state index contributed by atoms with van der Waals surface area (Å²) < 4.78 is 10.9. The van der Waals surface area contributed by atoms with E-state index in [4.69, 9.17) is 39.4 Å². The Labute approximate surface area is 795 Å². The van der Waals surface area contributed by atoms with E-state index in [9.17, 15) is 0 Å². The highest BCUT2D eigenvalue weighted by Gasteiger charge is 2.20. The van der Waals surface area contributed by atoms with Gasteiger partial charge in [0, 0.05) is 56.1 Å². The third kappa shape index (κ3) is 21.5. The summed E-state index contributed by atoms with van der Waals surface area (Å²) in [6, 6.07) is 178. The number of hydrogen-bond donors (Lipinski definition) is 0. The molecular weight excluding hydrogens is 1650 g/mol. The molecule has 0 amide bonds. The van der Waals surface area contributed by atoms with E-state index in [1.54, 1.807) is 14.2 Å². The monoisotopic (exact) mass is 1750 g/mol. The van der Waals surface area contributed by atoms with Gasteiger partial charge >= 0.3 is 0 Å². The van der Waals surface area contributed by atoms with Crippen LogP contribution in [0.15, 0.2) is 516 Å². The molecule has 0 unspecified atom stereocenters. The van der Waals surface area contributed by atoms with Crippen molar-refractivity contribution in [1.82, 2.24) is 29.9 Å². The number of methoxy groups -OCH3 is 2. The van der Waals surface area contributed by atoms with E-state index >= 15 is 0 Å². The van der Waals surface area contributed by atoms with Gasteiger partial charge in [-0.1, -0.05) is 479 Å². The van der Waals surface area contributed by atoms with Crippen LogP contribution in [0.25, 0.3) is 170 Å². The van der Waals surface area contributed by atoms with Crippen LogP contribution in [0.1, 0.15) is 50.1 Å². The second-order valence-electron chi connectivity index (χ2n) is 32.8. The molecule has 136 heavy (non-hydrogen) atoms. The number of hydrogen-bond acceptors (Lipinski definition) is 8. The molecule has 0 atom stereocenters. The zero-order valence-corrected chi connectivity index (χ0v) is 75.3. The number of nitrogens with zero attached hydrogens (tertiary/aromatic N) is 6. The molecule has 0 N–H and O–H groups in total. The van der Waals surface area contributed by atoms with Crippen molar-refractivity contribution in [3.63, 3.8) is 0 Å². The topological polar surface area (TPSA) is 95.8 Å². The number of rotatable bonds is 23. The molecule has 3 aromatic heterocycles. The third-order valence-electron chi connectivity index (χ3n) is 23.8. The number of ether oxygens (including phenoxy) is 2. The molecule has 21 aromatic rings. The van der Waals surface area contributed by atoms with E-state index < -0.39 is 0 Å². The summed E-state index contributed by atoms with van der Waals surface area (Å²) in [5.41, 5.74) is 35.1. The Morgan fingerprint density at radius 1 is 0.169 bits per heavy atom. The molecule has 0 spiro atoms. The van der Waals surface area contributed by atoms with Crippen molar-refractivity contribution in [1.29, 1.82) is 0 Å². The molecule has 8 nitrogen and oxygen atoms in total. The molecule has 3 heterocycles. The highest BCUT2D eigenvalue weighted by atomic mass is 16.5. The first kappa shape index (κ1) is 87.4. The largest absolute Gasteiger partial charge is 0.497 e. The zero-order valence-electron chi connectivity index (χ0n) is 75.3. The number of benzene rings is 18. The summed E-state index contributed by atoms with van der Waals surface area (Å²) in [5.74, 6) is 3.50. The molecule has 0 radical (unpaired) electrons. The second kappa shape index (κ2) is 42.7. The summed E-state index contributed by atoms with van der Waals surface area (Å²) in [5, 5.41) is 0. The van der Waals surface area contributed by atoms with Crippen molar-refractivity contribution in [2.24, 2.45) is 0 Å². The van der Waals surface area contributed by atoms with Crippen LogP contribution >= 0.6 is 0 Å². The van der Waals surface area contributed by atoms with E-state index in [0.29, 0.717) is 23.2 Å². The zero-order chi connectivity index (χ0) is 91.8. The molecule has 648 valence electrons. The van der Waals surface area contributed by atoms with Crippen LogP contribution in [0.2, 0.25) is 0 Å². The molecule has 18 aromatic carbocycles. The molecular formula is C128H94N6O2. The van der Waals surface area contributed by atoms with Crippen LogP contribution in [0, 0.1) is 0 Å². The molecule has 0 aliphatic carbocycles. The fourth-order valence-corrected chi connectivity index (χ4v) is 16.6. The Hall–Kier alpha value is -18.0. The van der Waals surface area contributed by atoms with Gasteiger partial charge in [0.25, 0.3) is 0 Å². The molecule has 8 heteroatoms. The van der Waals surface area contributed by atoms with Gasteiger partial charge in [-0.25, -0.2) is 29.9 Å². The Balaban J connectivity index is 0.000000144. The fraction of sp³-hybridized carbons (Fsp3) is 0.0156. The van der Waals surface area contributed by atoms with Gasteiger partial charge in [-0.05, 0) is 149 Å². The van der Waals surface area contributed by atoms with E-state index in [0.717, 1.165) is 107 Å². The first-order chi connectivity index (χ1) is 67.3. The maximum Gasteiger partial charge on any atom is 0.160 e. The molecule has 21 rings (SSSR count). The van der Waals surface area contributed by atoms with Gasteiger partial charge in [-0.3, -0.25) is 0 Å². The highest BCUT2D eigenvalue weighted by Crippen LogP contribution is 2.40. The van der Waals surface area contributed by atoms with E-state index in [1.807, 2.05) is 103 Å². The minimum absolute atomic E-state index is 0.670. The predicted octanol–water partition coefficient (Wildman–Crippen LogP) is 32.2. The molecule has 0 aliphatic rings. The van der Waals surface area contributed by atoms with E-state index in [1.165, 1.54) is 83.5 Å². The first-order valence-corrected chi connectivity index (χ1v) is 45.6. The Bertz CT molecular complexity index is 6820. The standard InChI is InChI=1S/C64H46N2.C40H28N2.C24H20N2O2/c1-7-19-50(20-8-1)59(51-21-9-2-10-22-51)43-47-31-37-56(38-32-47)62-46-63(57-39-33-48(34-40-57)44-60(52-23-11-3-12-24-52)53-25-13-4-14-26-53)66-64(65-62)58-41-35-49(36-42-58)45-61(54-27-15-5-16-28-54)55-29-17-6-18-30-55;1-4-10-29(11-5-1)32-16-22-35(23-17-32)38-28-39(36-24-18-33(19-25-36)30-12-6-2-7-13-30)42-40(41-38)37-26-20-34(21-27-37)31-14-8-3-9-15-31;1-27-19-13-14-20(23(15-19)28-2)22-16-21(17-9-5-3-6-10-17)25-24(26-22)18-11-7-4-8-12-18/h1-46H;1-28H;3-16H,1-2H3. The average molecular weight is 1750 g/mol. The van der Waals surface area contributed by atoms with Crippen LogP contribution in [0.5, 0.6) is 11.5 Å². The third-order valence-corrected chi connectivity index (χ3v) is 23.8. The maximum atomic E-state index is 5.59.